The number of nitrogens with one attached hydrogen (secondary N) is 1. The molecule has 0 saturated heterocycles. The molecular formula is C19H18N4O2S. The first-order chi connectivity index (χ1) is 12.5. The fraction of sp³-hybridized carbons (Fsp3) is 0.368. The van der Waals surface area contributed by atoms with E-state index in [2.05, 4.69) is 11.4 Å². The van der Waals surface area contributed by atoms with Crippen LogP contribution in [0.2, 0.25) is 0 Å². The van der Waals surface area contributed by atoms with Gasteiger partial charge < -0.3 is 9.88 Å². The zero-order chi connectivity index (χ0) is 18.8. The highest BCUT2D eigenvalue weighted by atomic mass is 32.1. The van der Waals surface area contributed by atoms with Crippen molar-refractivity contribution in [2.45, 2.75) is 46.1 Å². The maximum absolute atomic E-state index is 12.5. The molecule has 26 heavy (non-hydrogen) atoms. The second kappa shape index (κ2) is 7.15. The molecule has 2 heterocycles. The van der Waals surface area contributed by atoms with Gasteiger partial charge in [0.2, 0.25) is 5.91 Å². The standard InChI is InChI=1S/C19H18N4O2S/c1-11-7-12(2)23(19(25)14(11)8-20)10-17(24)22-18-15(9-21)13-5-3-4-6-16(13)26-18/h7H,3-6,10H2,1-2H3,(H,22,24). The molecule has 0 fully saturated rings. The Morgan fingerprint density at radius 1 is 1.23 bits per heavy atom. The van der Waals surface area contributed by atoms with Gasteiger partial charge in [-0.1, -0.05) is 0 Å². The molecule has 0 radical (unpaired) electrons. The molecule has 2 aromatic rings. The maximum Gasteiger partial charge on any atom is 0.269 e. The third kappa shape index (κ3) is 3.14. The van der Waals surface area contributed by atoms with E-state index in [1.54, 1.807) is 19.9 Å². The van der Waals surface area contributed by atoms with Crippen LogP contribution in [0.5, 0.6) is 0 Å². The van der Waals surface area contributed by atoms with Gasteiger partial charge in [0.15, 0.2) is 0 Å². The molecule has 1 amide bonds. The number of anilines is 1. The van der Waals surface area contributed by atoms with E-state index in [1.807, 2.05) is 6.07 Å². The van der Waals surface area contributed by atoms with Crippen molar-refractivity contribution in [1.82, 2.24) is 4.57 Å². The third-order valence-corrected chi connectivity index (χ3v) is 5.86. The number of carbonyl (C=O) groups is 1. The quantitative estimate of drug-likeness (QED) is 0.903. The van der Waals surface area contributed by atoms with Gasteiger partial charge >= 0.3 is 0 Å². The van der Waals surface area contributed by atoms with Crippen molar-refractivity contribution in [2.24, 2.45) is 0 Å². The first-order valence-electron chi connectivity index (χ1n) is 8.42. The number of aromatic nitrogens is 1. The number of hydrogen-bond acceptors (Lipinski definition) is 5. The van der Waals surface area contributed by atoms with Crippen LogP contribution in [0.15, 0.2) is 10.9 Å². The van der Waals surface area contributed by atoms with Crippen LogP contribution in [0.4, 0.5) is 5.00 Å². The molecule has 132 valence electrons. The molecule has 0 unspecified atom stereocenters. The smallest absolute Gasteiger partial charge is 0.269 e. The van der Waals surface area contributed by atoms with Gasteiger partial charge in [0, 0.05) is 10.6 Å². The number of carbonyl (C=O) groups excluding carboxylic acids is 1. The van der Waals surface area contributed by atoms with Crippen molar-refractivity contribution >= 4 is 22.2 Å². The van der Waals surface area contributed by atoms with Gasteiger partial charge in [0.1, 0.15) is 29.2 Å². The van der Waals surface area contributed by atoms with E-state index in [0.717, 1.165) is 31.2 Å². The summed E-state index contributed by atoms with van der Waals surface area (Å²) in [4.78, 5) is 26.1. The molecule has 0 spiro atoms. The number of thiophene rings is 1. The number of aryl methyl sites for hydroxylation is 3. The maximum atomic E-state index is 12.5. The Morgan fingerprint density at radius 2 is 1.92 bits per heavy atom. The summed E-state index contributed by atoms with van der Waals surface area (Å²) in [5.41, 5.74) is 2.40. The second-order valence-electron chi connectivity index (χ2n) is 6.42. The van der Waals surface area contributed by atoms with Gasteiger partial charge in [-0.2, -0.15) is 10.5 Å². The second-order valence-corrected chi connectivity index (χ2v) is 7.53. The molecule has 0 aliphatic heterocycles. The monoisotopic (exact) mass is 366 g/mol. The van der Waals surface area contributed by atoms with Gasteiger partial charge in [-0.25, -0.2) is 0 Å². The molecular weight excluding hydrogens is 348 g/mol. The van der Waals surface area contributed by atoms with Gasteiger partial charge in [-0.15, -0.1) is 11.3 Å². The molecule has 0 bridgehead atoms. The normalized spacial score (nSPS) is 12.8. The van der Waals surface area contributed by atoms with Crippen LogP contribution >= 0.6 is 11.3 Å². The van der Waals surface area contributed by atoms with E-state index in [4.69, 9.17) is 5.26 Å². The lowest BCUT2D eigenvalue weighted by molar-refractivity contribution is -0.116. The fourth-order valence-corrected chi connectivity index (χ4v) is 4.60. The highest BCUT2D eigenvalue weighted by Gasteiger charge is 2.22. The van der Waals surface area contributed by atoms with Crippen molar-refractivity contribution in [1.29, 1.82) is 10.5 Å². The minimum atomic E-state index is -0.467. The number of amides is 1. The van der Waals surface area contributed by atoms with Gasteiger partial charge in [-0.3, -0.25) is 9.59 Å². The van der Waals surface area contributed by atoms with Crippen molar-refractivity contribution in [3.05, 3.63) is 49.2 Å². The highest BCUT2D eigenvalue weighted by Crippen LogP contribution is 2.37. The van der Waals surface area contributed by atoms with Crippen LogP contribution in [-0.2, 0) is 24.2 Å². The lowest BCUT2D eigenvalue weighted by Gasteiger charge is -2.12. The first kappa shape index (κ1) is 17.9. The first-order valence-corrected chi connectivity index (χ1v) is 9.23. The zero-order valence-electron chi connectivity index (χ0n) is 14.7. The third-order valence-electron chi connectivity index (χ3n) is 4.65. The summed E-state index contributed by atoms with van der Waals surface area (Å²) in [7, 11) is 0. The van der Waals surface area contributed by atoms with Gasteiger partial charge in [0.25, 0.3) is 5.56 Å². The van der Waals surface area contributed by atoms with Crippen LogP contribution < -0.4 is 10.9 Å². The van der Waals surface area contributed by atoms with Gasteiger partial charge in [-0.05, 0) is 56.7 Å². The number of rotatable bonds is 3. The van der Waals surface area contributed by atoms with E-state index in [-0.39, 0.29) is 18.0 Å². The Hall–Kier alpha value is -2.90. The summed E-state index contributed by atoms with van der Waals surface area (Å²) in [5.74, 6) is -0.377. The molecule has 0 atom stereocenters. The van der Waals surface area contributed by atoms with Crippen LogP contribution in [-0.4, -0.2) is 10.5 Å². The molecule has 2 aromatic heterocycles. The summed E-state index contributed by atoms with van der Waals surface area (Å²) < 4.78 is 1.29. The molecule has 0 saturated carbocycles. The average molecular weight is 366 g/mol. The molecule has 3 rings (SSSR count). The van der Waals surface area contributed by atoms with Crippen LogP contribution in [0.1, 0.15) is 45.7 Å². The van der Waals surface area contributed by atoms with Crippen LogP contribution in [0.25, 0.3) is 0 Å². The number of fused-ring (bicyclic) bond motifs is 1. The lowest BCUT2D eigenvalue weighted by Crippen LogP contribution is -2.31. The number of hydrogen-bond donors (Lipinski definition) is 1. The van der Waals surface area contributed by atoms with E-state index >= 15 is 0 Å². The van der Waals surface area contributed by atoms with E-state index in [0.29, 0.717) is 21.8 Å². The number of nitriles is 2. The van der Waals surface area contributed by atoms with E-state index < -0.39 is 5.56 Å². The van der Waals surface area contributed by atoms with Crippen molar-refractivity contribution in [3.8, 4) is 12.1 Å². The minimum Gasteiger partial charge on any atom is -0.315 e. The van der Waals surface area contributed by atoms with Crippen molar-refractivity contribution in [3.63, 3.8) is 0 Å². The van der Waals surface area contributed by atoms with E-state index in [1.165, 1.54) is 20.8 Å². The Balaban J connectivity index is 1.88. The predicted molar refractivity (Wildman–Crippen MR) is 99.2 cm³/mol. The Bertz CT molecular complexity index is 1030. The lowest BCUT2D eigenvalue weighted by atomic mass is 9.96. The topological polar surface area (TPSA) is 98.7 Å². The average Bonchev–Trinajstić information content (AvgIpc) is 2.95. The summed E-state index contributed by atoms with van der Waals surface area (Å²) in [6, 6.07) is 5.82. The Labute approximate surface area is 155 Å². The highest BCUT2D eigenvalue weighted by molar-refractivity contribution is 7.16. The summed E-state index contributed by atoms with van der Waals surface area (Å²) >= 11 is 1.45. The Kier molecular flexibility index (Phi) is 4.92. The summed E-state index contributed by atoms with van der Waals surface area (Å²) in [6.07, 6.45) is 3.96. The van der Waals surface area contributed by atoms with E-state index in [9.17, 15) is 14.9 Å². The fourth-order valence-electron chi connectivity index (χ4n) is 3.34. The van der Waals surface area contributed by atoms with Gasteiger partial charge in [0.05, 0.1) is 5.56 Å². The molecule has 1 N–H and O–H groups in total. The summed E-state index contributed by atoms with van der Waals surface area (Å²) in [6.45, 7) is 3.24. The minimum absolute atomic E-state index is 0.0488. The molecule has 1 aliphatic carbocycles. The molecule has 6 nitrogen and oxygen atoms in total. The molecule has 1 aliphatic rings. The molecule has 7 heteroatoms. The van der Waals surface area contributed by atoms with Crippen molar-refractivity contribution in [2.75, 3.05) is 5.32 Å². The number of pyridine rings is 1. The Morgan fingerprint density at radius 3 is 2.62 bits per heavy atom. The summed E-state index contributed by atoms with van der Waals surface area (Å²) in [5, 5.41) is 22.0. The van der Waals surface area contributed by atoms with Crippen molar-refractivity contribution < 1.29 is 4.79 Å². The zero-order valence-corrected chi connectivity index (χ0v) is 15.5. The largest absolute Gasteiger partial charge is 0.315 e. The van der Waals surface area contributed by atoms with Crippen LogP contribution in [0.3, 0.4) is 0 Å². The molecule has 0 aromatic carbocycles. The predicted octanol–water partition coefficient (Wildman–Crippen LogP) is 2.79. The number of nitrogens with zero attached hydrogens (tertiary/aromatic N) is 3. The van der Waals surface area contributed by atoms with Crippen LogP contribution in [0, 0.1) is 36.5 Å². The SMILES string of the molecule is Cc1cc(C)n(CC(=O)Nc2sc3c(c2C#N)CCCC3)c(=O)c1C#N.